The number of hydrogen-bond acceptors (Lipinski definition) is 4. The second-order valence-electron chi connectivity index (χ2n) is 5.98. The molecular weight excluding hydrogens is 376 g/mol. The molecule has 0 unspecified atom stereocenters. The van der Waals surface area contributed by atoms with E-state index in [1.807, 2.05) is 61.5 Å². The molecule has 136 valence electrons. The van der Waals surface area contributed by atoms with Gasteiger partial charge in [-0.25, -0.2) is 0 Å². The van der Waals surface area contributed by atoms with E-state index < -0.39 is 0 Å². The molecule has 0 aromatic heterocycles. The quantitative estimate of drug-likeness (QED) is 0.600. The van der Waals surface area contributed by atoms with E-state index in [1.165, 1.54) is 16.7 Å². The molecule has 4 nitrogen and oxygen atoms in total. The Morgan fingerprint density at radius 2 is 1.74 bits per heavy atom. The molecule has 1 saturated heterocycles. The number of rotatable bonds is 5. The highest BCUT2D eigenvalue weighted by molar-refractivity contribution is 8.26. The molecule has 3 rings (SSSR count). The lowest BCUT2D eigenvalue weighted by Crippen LogP contribution is -2.36. The second-order valence-corrected chi connectivity index (χ2v) is 7.66. The van der Waals surface area contributed by atoms with Gasteiger partial charge in [0.15, 0.2) is 0 Å². The lowest BCUT2D eigenvalue weighted by Gasteiger charge is -2.14. The van der Waals surface area contributed by atoms with Gasteiger partial charge in [-0.15, -0.1) is 0 Å². The van der Waals surface area contributed by atoms with E-state index in [1.54, 1.807) is 18.2 Å². The van der Waals surface area contributed by atoms with Crippen molar-refractivity contribution in [3.8, 4) is 0 Å². The molecule has 2 aromatic rings. The van der Waals surface area contributed by atoms with Gasteiger partial charge in [-0.3, -0.25) is 14.5 Å². The van der Waals surface area contributed by atoms with E-state index in [0.717, 1.165) is 11.1 Å². The first-order valence-electron chi connectivity index (χ1n) is 8.36. The Morgan fingerprint density at radius 1 is 1.11 bits per heavy atom. The molecule has 0 aliphatic carbocycles. The number of carbonyl (C=O) groups is 2. The number of thiocarbonyl (C=S) groups is 1. The van der Waals surface area contributed by atoms with Gasteiger partial charge in [0.1, 0.15) is 10.9 Å². The SMILES string of the molecule is CC(=C\c1ccccc1)/C=C1/SC(=S)N(CC(=O)Nc2ccccc2)C1=O. The lowest BCUT2D eigenvalue weighted by molar-refractivity contribution is -0.126. The fourth-order valence-corrected chi connectivity index (χ4v) is 3.87. The Morgan fingerprint density at radius 3 is 2.41 bits per heavy atom. The lowest BCUT2D eigenvalue weighted by atomic mass is 10.1. The summed E-state index contributed by atoms with van der Waals surface area (Å²) in [6.45, 7) is 1.83. The number of benzene rings is 2. The molecule has 1 aliphatic heterocycles. The van der Waals surface area contributed by atoms with Gasteiger partial charge in [0, 0.05) is 5.69 Å². The smallest absolute Gasteiger partial charge is 0.266 e. The van der Waals surface area contributed by atoms with Crippen LogP contribution in [0.4, 0.5) is 5.69 Å². The van der Waals surface area contributed by atoms with Crippen LogP contribution in [0.25, 0.3) is 6.08 Å². The number of nitrogens with zero attached hydrogens (tertiary/aromatic N) is 1. The van der Waals surface area contributed by atoms with Crippen LogP contribution < -0.4 is 5.32 Å². The molecule has 27 heavy (non-hydrogen) atoms. The Hall–Kier alpha value is -2.70. The Bertz CT molecular complexity index is 922. The molecule has 6 heteroatoms. The van der Waals surface area contributed by atoms with Gasteiger partial charge < -0.3 is 5.32 Å². The molecule has 1 aliphatic rings. The fourth-order valence-electron chi connectivity index (χ4n) is 2.56. The minimum absolute atomic E-state index is 0.0989. The molecule has 1 fully saturated rings. The summed E-state index contributed by atoms with van der Waals surface area (Å²) in [5.41, 5.74) is 2.68. The number of anilines is 1. The summed E-state index contributed by atoms with van der Waals surface area (Å²) in [4.78, 5) is 26.7. The van der Waals surface area contributed by atoms with Crippen molar-refractivity contribution in [1.29, 1.82) is 0 Å². The third kappa shape index (κ3) is 5.15. The largest absolute Gasteiger partial charge is 0.325 e. The number of nitrogens with one attached hydrogen (secondary N) is 1. The third-order valence-corrected chi connectivity index (χ3v) is 5.16. The first-order valence-corrected chi connectivity index (χ1v) is 9.59. The number of hydrogen-bond donors (Lipinski definition) is 1. The minimum Gasteiger partial charge on any atom is -0.325 e. The minimum atomic E-state index is -0.282. The molecule has 0 spiro atoms. The second kappa shape index (κ2) is 8.79. The predicted molar refractivity (Wildman–Crippen MR) is 115 cm³/mol. The average molecular weight is 395 g/mol. The normalized spacial score (nSPS) is 16.1. The van der Waals surface area contributed by atoms with Crippen molar-refractivity contribution in [2.24, 2.45) is 0 Å². The summed E-state index contributed by atoms with van der Waals surface area (Å²) in [5.74, 6) is -0.524. The Labute approximate surface area is 168 Å². The summed E-state index contributed by atoms with van der Waals surface area (Å²) in [7, 11) is 0. The summed E-state index contributed by atoms with van der Waals surface area (Å²) < 4.78 is 0.391. The number of carbonyl (C=O) groups excluding carboxylic acids is 2. The van der Waals surface area contributed by atoms with Crippen LogP contribution in [0.1, 0.15) is 12.5 Å². The van der Waals surface area contributed by atoms with Crippen LogP contribution in [-0.4, -0.2) is 27.6 Å². The highest BCUT2D eigenvalue weighted by atomic mass is 32.2. The topological polar surface area (TPSA) is 49.4 Å². The van der Waals surface area contributed by atoms with Gasteiger partial charge in [-0.05, 0) is 36.3 Å². The molecule has 0 radical (unpaired) electrons. The summed E-state index contributed by atoms with van der Waals surface area (Å²) in [6, 6.07) is 19.0. The van der Waals surface area contributed by atoms with Gasteiger partial charge in [0.2, 0.25) is 5.91 Å². The standard InChI is InChI=1S/C21H18N2O2S2/c1-15(12-16-8-4-2-5-9-16)13-18-20(25)23(21(26)27-18)14-19(24)22-17-10-6-3-7-11-17/h2-13H,14H2,1H3,(H,22,24)/b15-12+,18-13+. The van der Waals surface area contributed by atoms with Crippen molar-refractivity contribution in [2.75, 3.05) is 11.9 Å². The molecule has 1 heterocycles. The monoisotopic (exact) mass is 394 g/mol. The molecule has 2 amide bonds. The molecule has 2 aromatic carbocycles. The van der Waals surface area contributed by atoms with E-state index in [0.29, 0.717) is 14.9 Å². The molecule has 1 N–H and O–H groups in total. The number of thioether (sulfide) groups is 1. The molecule has 0 saturated carbocycles. The van der Waals surface area contributed by atoms with Crippen LogP contribution in [0.15, 0.2) is 77.2 Å². The van der Waals surface area contributed by atoms with Crippen LogP contribution in [0.3, 0.4) is 0 Å². The highest BCUT2D eigenvalue weighted by Gasteiger charge is 2.33. The van der Waals surface area contributed by atoms with Crippen molar-refractivity contribution in [1.82, 2.24) is 4.90 Å². The van der Waals surface area contributed by atoms with E-state index >= 15 is 0 Å². The zero-order chi connectivity index (χ0) is 19.2. The molecular formula is C21H18N2O2S2. The van der Waals surface area contributed by atoms with Crippen LogP contribution in [0, 0.1) is 0 Å². The summed E-state index contributed by atoms with van der Waals surface area (Å²) >= 11 is 6.50. The van der Waals surface area contributed by atoms with Gasteiger partial charge >= 0.3 is 0 Å². The zero-order valence-electron chi connectivity index (χ0n) is 14.7. The van der Waals surface area contributed by atoms with Gasteiger partial charge in [-0.2, -0.15) is 0 Å². The molecule has 0 atom stereocenters. The van der Waals surface area contributed by atoms with Crippen molar-refractivity contribution in [3.63, 3.8) is 0 Å². The van der Waals surface area contributed by atoms with Crippen LogP contribution in [-0.2, 0) is 9.59 Å². The van der Waals surface area contributed by atoms with Gasteiger partial charge in [0.05, 0.1) is 4.91 Å². The number of para-hydroxylation sites is 1. The van der Waals surface area contributed by atoms with Crippen LogP contribution >= 0.6 is 24.0 Å². The highest BCUT2D eigenvalue weighted by Crippen LogP contribution is 2.32. The van der Waals surface area contributed by atoms with Crippen molar-refractivity contribution in [3.05, 3.63) is 82.8 Å². The van der Waals surface area contributed by atoms with Crippen molar-refractivity contribution < 1.29 is 9.59 Å². The van der Waals surface area contributed by atoms with Crippen molar-refractivity contribution >= 4 is 51.9 Å². The number of amides is 2. The first-order chi connectivity index (χ1) is 13.0. The van der Waals surface area contributed by atoms with Crippen LogP contribution in [0.2, 0.25) is 0 Å². The average Bonchev–Trinajstić information content (AvgIpc) is 2.90. The predicted octanol–water partition coefficient (Wildman–Crippen LogP) is 4.47. The third-order valence-electron chi connectivity index (χ3n) is 3.79. The first kappa shape index (κ1) is 19.1. The fraction of sp³-hybridized carbons (Fsp3) is 0.0952. The van der Waals surface area contributed by atoms with Crippen LogP contribution in [0.5, 0.6) is 0 Å². The summed E-state index contributed by atoms with van der Waals surface area (Å²) in [5, 5.41) is 2.77. The maximum Gasteiger partial charge on any atom is 0.266 e. The van der Waals surface area contributed by atoms with E-state index in [9.17, 15) is 9.59 Å². The van der Waals surface area contributed by atoms with E-state index in [-0.39, 0.29) is 18.4 Å². The Balaban J connectivity index is 1.67. The summed E-state index contributed by atoms with van der Waals surface area (Å²) in [6.07, 6.45) is 3.80. The Kier molecular flexibility index (Phi) is 6.21. The maximum atomic E-state index is 12.6. The van der Waals surface area contributed by atoms with Gasteiger partial charge in [-0.1, -0.05) is 78.6 Å². The number of allylic oxidation sites excluding steroid dienone is 2. The van der Waals surface area contributed by atoms with Gasteiger partial charge in [0.25, 0.3) is 5.91 Å². The van der Waals surface area contributed by atoms with E-state index in [4.69, 9.17) is 12.2 Å². The maximum absolute atomic E-state index is 12.6. The zero-order valence-corrected chi connectivity index (χ0v) is 16.3. The van der Waals surface area contributed by atoms with Crippen molar-refractivity contribution in [2.45, 2.75) is 6.92 Å². The van der Waals surface area contributed by atoms with E-state index in [2.05, 4.69) is 5.32 Å². The molecule has 0 bridgehead atoms.